The van der Waals surface area contributed by atoms with Gasteiger partial charge in [0.15, 0.2) is 0 Å². The van der Waals surface area contributed by atoms with Gasteiger partial charge in [-0.15, -0.1) is 5.54 Å². The van der Waals surface area contributed by atoms with E-state index in [1.165, 1.54) is 11.1 Å². The number of anilines is 2. The second kappa shape index (κ2) is 10.9. The summed E-state index contributed by atoms with van der Waals surface area (Å²) in [6, 6.07) is 8.27. The Bertz CT molecular complexity index is 1470. The Hall–Kier alpha value is -2.95. The standard InChI is InChI=1S/C32H43N5OSi/c1-21(2)39(22(3)4,23(5)6)16-15-24-17-30(38)37(26-12-8-9-13-26)31-27(24)18-33-32(35-31)34-29-14-10-11-25-19-36(7)20-28(25)29/h10-11,14,17-18,21-23,26H,8-9,12-13,19-20H2,1-7H3,(H,33,34,35). The summed E-state index contributed by atoms with van der Waals surface area (Å²) in [6.45, 7) is 15.7. The predicted octanol–water partition coefficient (Wildman–Crippen LogP) is 7.17. The van der Waals surface area contributed by atoms with Gasteiger partial charge in [0, 0.05) is 42.6 Å². The first-order valence-electron chi connectivity index (χ1n) is 14.6. The van der Waals surface area contributed by atoms with Crippen LogP contribution >= 0.6 is 0 Å². The summed E-state index contributed by atoms with van der Waals surface area (Å²) in [7, 11) is 0.175. The maximum absolute atomic E-state index is 13.6. The van der Waals surface area contributed by atoms with Crippen molar-refractivity contribution in [1.29, 1.82) is 0 Å². The molecule has 5 rings (SSSR count). The monoisotopic (exact) mass is 541 g/mol. The van der Waals surface area contributed by atoms with E-state index < -0.39 is 8.07 Å². The van der Waals surface area contributed by atoms with Crippen molar-refractivity contribution >= 4 is 30.7 Å². The normalized spacial score (nSPS) is 16.4. The molecule has 1 aromatic carbocycles. The molecule has 0 atom stereocenters. The Morgan fingerprint density at radius 1 is 1.03 bits per heavy atom. The molecule has 1 N–H and O–H groups in total. The highest BCUT2D eigenvalue weighted by Gasteiger charge is 2.41. The Morgan fingerprint density at radius 2 is 1.72 bits per heavy atom. The highest BCUT2D eigenvalue weighted by Crippen LogP contribution is 2.41. The minimum absolute atomic E-state index is 0.00325. The number of hydrogen-bond donors (Lipinski definition) is 1. The number of nitrogens with one attached hydrogen (secondary N) is 1. The molecule has 6 nitrogen and oxygen atoms in total. The molecule has 3 aromatic rings. The van der Waals surface area contributed by atoms with Crippen molar-refractivity contribution in [3.63, 3.8) is 0 Å². The Labute approximate surface area is 234 Å². The number of benzene rings is 1. The Kier molecular flexibility index (Phi) is 7.72. The van der Waals surface area contributed by atoms with Gasteiger partial charge in [-0.3, -0.25) is 14.3 Å². The smallest absolute Gasteiger partial charge is 0.253 e. The average Bonchev–Trinajstić information content (AvgIpc) is 3.53. The summed E-state index contributed by atoms with van der Waals surface area (Å²) in [5.74, 6) is 4.06. The van der Waals surface area contributed by atoms with Crippen LogP contribution in [0.5, 0.6) is 0 Å². The van der Waals surface area contributed by atoms with Gasteiger partial charge in [0.05, 0.1) is 5.39 Å². The van der Waals surface area contributed by atoms with Crippen molar-refractivity contribution in [2.45, 2.75) is 103 Å². The Morgan fingerprint density at radius 3 is 2.38 bits per heavy atom. The molecule has 2 aliphatic rings. The molecule has 1 saturated carbocycles. The van der Waals surface area contributed by atoms with Crippen LogP contribution in [0.2, 0.25) is 16.6 Å². The third-order valence-electron chi connectivity index (χ3n) is 9.15. The fourth-order valence-electron chi connectivity index (χ4n) is 7.23. The van der Waals surface area contributed by atoms with Crippen molar-refractivity contribution in [3.05, 3.63) is 57.5 Å². The van der Waals surface area contributed by atoms with Crippen LogP contribution in [-0.4, -0.2) is 34.6 Å². The van der Waals surface area contributed by atoms with Crippen molar-refractivity contribution < 1.29 is 0 Å². The first-order valence-corrected chi connectivity index (χ1v) is 16.9. The average molecular weight is 542 g/mol. The Balaban J connectivity index is 1.64. The fraction of sp³-hybridized carbons (Fsp3) is 0.531. The summed E-state index contributed by atoms with van der Waals surface area (Å²) >= 11 is 0. The van der Waals surface area contributed by atoms with Gasteiger partial charge >= 0.3 is 0 Å². The molecule has 3 heterocycles. The molecule has 0 radical (unpaired) electrons. The maximum Gasteiger partial charge on any atom is 0.253 e. The molecule has 1 aliphatic carbocycles. The first kappa shape index (κ1) is 27.6. The van der Waals surface area contributed by atoms with E-state index in [4.69, 9.17) is 9.97 Å². The quantitative estimate of drug-likeness (QED) is 0.265. The second-order valence-electron chi connectivity index (χ2n) is 12.5. The highest BCUT2D eigenvalue weighted by molar-refractivity contribution is 6.90. The van der Waals surface area contributed by atoms with E-state index >= 15 is 0 Å². The van der Waals surface area contributed by atoms with Gasteiger partial charge in [0.25, 0.3) is 5.56 Å². The fourth-order valence-corrected chi connectivity index (χ4v) is 12.5. The van der Waals surface area contributed by atoms with Crippen molar-refractivity contribution in [2.75, 3.05) is 12.4 Å². The summed E-state index contributed by atoms with van der Waals surface area (Å²) in [6.07, 6.45) is 6.18. The van der Waals surface area contributed by atoms with E-state index in [1.807, 2.05) is 10.8 Å². The molecule has 1 fully saturated rings. The number of aromatic nitrogens is 3. The molecule has 39 heavy (non-hydrogen) atoms. The molecule has 0 saturated heterocycles. The molecule has 206 valence electrons. The number of hydrogen-bond acceptors (Lipinski definition) is 5. The van der Waals surface area contributed by atoms with E-state index in [0.29, 0.717) is 28.2 Å². The van der Waals surface area contributed by atoms with Crippen LogP contribution in [-0.2, 0) is 13.1 Å². The zero-order chi connectivity index (χ0) is 27.9. The summed E-state index contributed by atoms with van der Waals surface area (Å²) in [5.41, 5.74) is 10.5. The lowest BCUT2D eigenvalue weighted by Crippen LogP contribution is -2.43. The minimum Gasteiger partial charge on any atom is -0.324 e. The zero-order valence-corrected chi connectivity index (χ0v) is 25.6. The molecular weight excluding hydrogens is 498 g/mol. The van der Waals surface area contributed by atoms with E-state index in [9.17, 15) is 4.79 Å². The molecule has 7 heteroatoms. The lowest BCUT2D eigenvalue weighted by atomic mass is 10.1. The largest absolute Gasteiger partial charge is 0.324 e. The van der Waals surface area contributed by atoms with Gasteiger partial charge in [0.1, 0.15) is 13.7 Å². The van der Waals surface area contributed by atoms with E-state index in [2.05, 4.69) is 88.5 Å². The number of fused-ring (bicyclic) bond motifs is 2. The van der Waals surface area contributed by atoms with Crippen LogP contribution in [0.1, 0.15) is 90.0 Å². The van der Waals surface area contributed by atoms with Crippen LogP contribution in [0.15, 0.2) is 35.3 Å². The van der Waals surface area contributed by atoms with Crippen LogP contribution < -0.4 is 10.9 Å². The highest BCUT2D eigenvalue weighted by atomic mass is 28.3. The SMILES string of the molecule is CC(C)[Si](C#Cc1cc(=O)n(C2CCCC2)c2nc(Nc3cccc4c3CN(C)C4)ncc12)(C(C)C)C(C)C. The van der Waals surface area contributed by atoms with Crippen LogP contribution in [0.25, 0.3) is 11.0 Å². The van der Waals surface area contributed by atoms with Gasteiger partial charge in [-0.1, -0.05) is 72.4 Å². The molecule has 0 amide bonds. The number of rotatable bonds is 6. The summed E-state index contributed by atoms with van der Waals surface area (Å²) < 4.78 is 1.92. The molecule has 0 spiro atoms. The van der Waals surface area contributed by atoms with Gasteiger partial charge in [-0.2, -0.15) is 4.98 Å². The van der Waals surface area contributed by atoms with E-state index in [-0.39, 0.29) is 11.6 Å². The van der Waals surface area contributed by atoms with E-state index in [0.717, 1.165) is 55.4 Å². The lowest BCUT2D eigenvalue weighted by molar-refractivity contribution is 0.353. The number of pyridine rings is 1. The van der Waals surface area contributed by atoms with Gasteiger partial charge < -0.3 is 5.32 Å². The second-order valence-corrected chi connectivity index (χ2v) is 18.1. The van der Waals surface area contributed by atoms with Crippen LogP contribution in [0.3, 0.4) is 0 Å². The van der Waals surface area contributed by atoms with Gasteiger partial charge in [-0.25, -0.2) is 4.98 Å². The topological polar surface area (TPSA) is 63.1 Å². The van der Waals surface area contributed by atoms with Crippen molar-refractivity contribution in [2.24, 2.45) is 0 Å². The third kappa shape index (κ3) is 5.05. The molecular formula is C32H43N5OSi. The van der Waals surface area contributed by atoms with Gasteiger partial charge in [0.2, 0.25) is 5.95 Å². The molecule has 2 aromatic heterocycles. The maximum atomic E-state index is 13.6. The minimum atomic E-state index is -1.96. The van der Waals surface area contributed by atoms with Crippen LogP contribution in [0.4, 0.5) is 11.6 Å². The summed E-state index contributed by atoms with van der Waals surface area (Å²) in [4.78, 5) is 25.7. The van der Waals surface area contributed by atoms with Gasteiger partial charge in [-0.05, 0) is 53.7 Å². The zero-order valence-electron chi connectivity index (χ0n) is 24.6. The predicted molar refractivity (Wildman–Crippen MR) is 164 cm³/mol. The molecule has 1 aliphatic heterocycles. The lowest BCUT2D eigenvalue weighted by Gasteiger charge is -2.38. The third-order valence-corrected chi connectivity index (χ3v) is 15.4. The van der Waals surface area contributed by atoms with E-state index in [1.54, 1.807) is 6.07 Å². The first-order chi connectivity index (χ1) is 18.6. The summed E-state index contributed by atoms with van der Waals surface area (Å²) in [5, 5.41) is 4.35. The molecule has 0 unspecified atom stereocenters. The van der Waals surface area contributed by atoms with Crippen molar-refractivity contribution in [3.8, 4) is 11.5 Å². The number of nitrogens with zero attached hydrogens (tertiary/aromatic N) is 4. The molecule has 0 bridgehead atoms. The van der Waals surface area contributed by atoms with Crippen LogP contribution in [0, 0.1) is 11.5 Å². The van der Waals surface area contributed by atoms with Crippen molar-refractivity contribution in [1.82, 2.24) is 19.4 Å².